The van der Waals surface area contributed by atoms with E-state index in [0.717, 1.165) is 55.5 Å². The molecule has 0 aliphatic heterocycles. The average molecular weight is 638 g/mol. The number of rotatable bonds is 5. The Kier molecular flexibility index (Phi) is 6.53. The molecular formula is C48H31NO. The summed E-state index contributed by atoms with van der Waals surface area (Å²) in [6.07, 6.45) is 0. The summed E-state index contributed by atoms with van der Waals surface area (Å²) in [6, 6.07) is 67.3. The second-order valence-electron chi connectivity index (χ2n) is 12.9. The monoisotopic (exact) mass is 637 g/mol. The number of furan rings is 1. The minimum Gasteiger partial charge on any atom is -0.455 e. The van der Waals surface area contributed by atoms with E-state index >= 15 is 0 Å². The molecule has 0 aliphatic rings. The van der Waals surface area contributed by atoms with Crippen LogP contribution in [0.15, 0.2) is 192 Å². The maximum absolute atomic E-state index is 7.14. The second-order valence-corrected chi connectivity index (χ2v) is 12.9. The molecule has 0 amide bonds. The molecule has 1 heterocycles. The third-order valence-corrected chi connectivity index (χ3v) is 10.0. The minimum atomic E-state index is 0.886. The Morgan fingerprint density at radius 1 is 0.340 bits per heavy atom. The van der Waals surface area contributed by atoms with Crippen molar-refractivity contribution in [3.8, 4) is 22.3 Å². The summed E-state index contributed by atoms with van der Waals surface area (Å²) < 4.78 is 7.14. The second kappa shape index (κ2) is 11.5. The minimum absolute atomic E-state index is 0.886. The molecule has 0 bridgehead atoms. The summed E-state index contributed by atoms with van der Waals surface area (Å²) in [5, 5.41) is 9.36. The summed E-state index contributed by atoms with van der Waals surface area (Å²) >= 11 is 0. The molecule has 0 spiro atoms. The predicted octanol–water partition coefficient (Wildman–Crippen LogP) is 13.8. The van der Waals surface area contributed by atoms with Crippen molar-refractivity contribution in [2.24, 2.45) is 0 Å². The van der Waals surface area contributed by atoms with E-state index in [0.29, 0.717) is 0 Å². The van der Waals surface area contributed by atoms with Gasteiger partial charge in [-0.1, -0.05) is 152 Å². The lowest BCUT2D eigenvalue weighted by Gasteiger charge is -2.27. The van der Waals surface area contributed by atoms with Crippen molar-refractivity contribution in [2.45, 2.75) is 0 Å². The van der Waals surface area contributed by atoms with Gasteiger partial charge in [0.1, 0.15) is 11.2 Å². The first-order valence-corrected chi connectivity index (χ1v) is 17.1. The zero-order chi connectivity index (χ0) is 33.0. The van der Waals surface area contributed by atoms with E-state index in [4.69, 9.17) is 4.42 Å². The SMILES string of the molecule is c1ccc(-c2ccc(N(c3ccc4ccccc4c3)c3ccc(-c4ccccc4)c4oc5c6ccccc6c6ccccc6c5c34)cc2)cc1. The molecule has 50 heavy (non-hydrogen) atoms. The normalized spacial score (nSPS) is 11.6. The van der Waals surface area contributed by atoms with Gasteiger partial charge < -0.3 is 9.32 Å². The van der Waals surface area contributed by atoms with Crippen LogP contribution in [0.1, 0.15) is 0 Å². The molecular weight excluding hydrogens is 607 g/mol. The fourth-order valence-corrected chi connectivity index (χ4v) is 7.69. The summed E-state index contributed by atoms with van der Waals surface area (Å²) in [5.74, 6) is 0. The first-order valence-electron chi connectivity index (χ1n) is 17.1. The standard InChI is InChI=1S/C48H31NO/c1-3-13-32(14-4-1)34-23-26-37(27-24-34)49(38-28-25-33-15-7-8-18-36(33)31-38)44-30-29-39(35-16-5-2-6-17-35)47-46(44)45-42-21-11-9-19-40(42)41-20-10-12-22-43(41)48(45)50-47/h1-31H. The van der Waals surface area contributed by atoms with E-state index in [1.807, 2.05) is 0 Å². The number of anilines is 3. The molecule has 2 nitrogen and oxygen atoms in total. The Morgan fingerprint density at radius 2 is 0.900 bits per heavy atom. The number of nitrogens with zero attached hydrogens (tertiary/aromatic N) is 1. The molecule has 234 valence electrons. The molecule has 0 N–H and O–H groups in total. The van der Waals surface area contributed by atoms with Crippen molar-refractivity contribution in [1.29, 1.82) is 0 Å². The highest BCUT2D eigenvalue weighted by Crippen LogP contribution is 2.50. The van der Waals surface area contributed by atoms with E-state index in [2.05, 4.69) is 193 Å². The van der Waals surface area contributed by atoms with Gasteiger partial charge in [0, 0.05) is 27.7 Å². The molecule has 10 rings (SSSR count). The first kappa shape index (κ1) is 28.4. The molecule has 0 aliphatic carbocycles. The predicted molar refractivity (Wildman–Crippen MR) is 212 cm³/mol. The van der Waals surface area contributed by atoms with Crippen LogP contribution >= 0.6 is 0 Å². The van der Waals surface area contributed by atoms with E-state index in [-0.39, 0.29) is 0 Å². The van der Waals surface area contributed by atoms with Crippen LogP contribution in [0.4, 0.5) is 17.1 Å². The lowest BCUT2D eigenvalue weighted by molar-refractivity contribution is 0.674. The van der Waals surface area contributed by atoms with Gasteiger partial charge in [0.05, 0.1) is 11.1 Å². The highest BCUT2D eigenvalue weighted by atomic mass is 16.3. The van der Waals surface area contributed by atoms with Crippen LogP contribution in [0.5, 0.6) is 0 Å². The first-order chi connectivity index (χ1) is 24.8. The fourth-order valence-electron chi connectivity index (χ4n) is 7.69. The van der Waals surface area contributed by atoms with Gasteiger partial charge in [0.2, 0.25) is 0 Å². The molecule has 0 fully saturated rings. The zero-order valence-electron chi connectivity index (χ0n) is 27.3. The van der Waals surface area contributed by atoms with Crippen LogP contribution < -0.4 is 4.90 Å². The maximum Gasteiger partial charge on any atom is 0.145 e. The number of hydrogen-bond donors (Lipinski definition) is 0. The fraction of sp³-hybridized carbons (Fsp3) is 0. The van der Waals surface area contributed by atoms with Crippen LogP contribution in [-0.4, -0.2) is 0 Å². The summed E-state index contributed by atoms with van der Waals surface area (Å²) in [7, 11) is 0. The van der Waals surface area contributed by atoms with Gasteiger partial charge in [-0.15, -0.1) is 0 Å². The van der Waals surface area contributed by atoms with Gasteiger partial charge in [-0.2, -0.15) is 0 Å². The van der Waals surface area contributed by atoms with Crippen LogP contribution in [0.25, 0.3) is 76.5 Å². The summed E-state index contributed by atoms with van der Waals surface area (Å²) in [5.41, 5.74) is 9.62. The van der Waals surface area contributed by atoms with Gasteiger partial charge in [-0.3, -0.25) is 0 Å². The zero-order valence-corrected chi connectivity index (χ0v) is 27.3. The number of benzene rings is 9. The van der Waals surface area contributed by atoms with Crippen molar-refractivity contribution in [3.05, 3.63) is 188 Å². The maximum atomic E-state index is 7.14. The Balaban J connectivity index is 1.33. The number of hydrogen-bond acceptors (Lipinski definition) is 2. The molecule has 0 saturated heterocycles. The van der Waals surface area contributed by atoms with Crippen LogP contribution in [-0.2, 0) is 0 Å². The van der Waals surface area contributed by atoms with E-state index in [9.17, 15) is 0 Å². The molecule has 2 heteroatoms. The van der Waals surface area contributed by atoms with Crippen LogP contribution in [0, 0.1) is 0 Å². The Labute approximate surface area is 290 Å². The topological polar surface area (TPSA) is 16.4 Å². The van der Waals surface area contributed by atoms with Crippen molar-refractivity contribution in [1.82, 2.24) is 0 Å². The summed E-state index contributed by atoms with van der Waals surface area (Å²) in [4.78, 5) is 2.40. The van der Waals surface area contributed by atoms with Gasteiger partial charge in [0.25, 0.3) is 0 Å². The molecule has 10 aromatic rings. The van der Waals surface area contributed by atoms with Gasteiger partial charge >= 0.3 is 0 Å². The molecule has 9 aromatic carbocycles. The van der Waals surface area contributed by atoms with Gasteiger partial charge in [0.15, 0.2) is 0 Å². The largest absolute Gasteiger partial charge is 0.455 e. The molecule has 0 radical (unpaired) electrons. The Morgan fingerprint density at radius 3 is 1.64 bits per heavy atom. The van der Waals surface area contributed by atoms with Gasteiger partial charge in [-0.05, 0) is 80.0 Å². The highest BCUT2D eigenvalue weighted by Gasteiger charge is 2.25. The third kappa shape index (κ3) is 4.50. The molecule has 0 atom stereocenters. The van der Waals surface area contributed by atoms with E-state index < -0.39 is 0 Å². The van der Waals surface area contributed by atoms with Crippen molar-refractivity contribution in [2.75, 3.05) is 4.90 Å². The number of fused-ring (bicyclic) bond motifs is 9. The van der Waals surface area contributed by atoms with Crippen LogP contribution in [0.2, 0.25) is 0 Å². The Bertz CT molecular complexity index is 2850. The quantitative estimate of drug-likeness (QED) is 0.175. The van der Waals surface area contributed by atoms with E-state index in [1.165, 1.54) is 38.1 Å². The van der Waals surface area contributed by atoms with Crippen molar-refractivity contribution >= 4 is 71.3 Å². The van der Waals surface area contributed by atoms with Gasteiger partial charge in [-0.25, -0.2) is 0 Å². The molecule has 0 saturated carbocycles. The lowest BCUT2D eigenvalue weighted by atomic mass is 9.94. The molecule has 1 aromatic heterocycles. The smallest absolute Gasteiger partial charge is 0.145 e. The summed E-state index contributed by atoms with van der Waals surface area (Å²) in [6.45, 7) is 0. The average Bonchev–Trinajstić information content (AvgIpc) is 3.61. The van der Waals surface area contributed by atoms with Crippen LogP contribution in [0.3, 0.4) is 0 Å². The Hall–Kier alpha value is -6.64. The lowest BCUT2D eigenvalue weighted by Crippen LogP contribution is -2.10. The van der Waals surface area contributed by atoms with Crippen molar-refractivity contribution in [3.63, 3.8) is 0 Å². The highest BCUT2D eigenvalue weighted by molar-refractivity contribution is 6.33. The molecule has 0 unspecified atom stereocenters. The third-order valence-electron chi connectivity index (χ3n) is 10.0. The van der Waals surface area contributed by atoms with E-state index in [1.54, 1.807) is 0 Å². The van der Waals surface area contributed by atoms with Crippen molar-refractivity contribution < 1.29 is 4.42 Å².